The van der Waals surface area contributed by atoms with Crippen molar-refractivity contribution in [3.05, 3.63) is 48.2 Å². The zero-order valence-corrected chi connectivity index (χ0v) is 12.9. The maximum absolute atomic E-state index is 11.3. The van der Waals surface area contributed by atoms with E-state index in [1.54, 1.807) is 6.92 Å². The number of benzene rings is 1. The van der Waals surface area contributed by atoms with Gasteiger partial charge in [0.1, 0.15) is 0 Å². The first-order valence-corrected chi connectivity index (χ1v) is 7.86. The van der Waals surface area contributed by atoms with Gasteiger partial charge in [-0.1, -0.05) is 30.3 Å². The summed E-state index contributed by atoms with van der Waals surface area (Å²) < 4.78 is 0. The van der Waals surface area contributed by atoms with E-state index < -0.39 is 0 Å². The number of likely N-dealkylation sites (tertiary alicyclic amines) is 1. The van der Waals surface area contributed by atoms with Gasteiger partial charge in [0.05, 0.1) is 11.4 Å². The van der Waals surface area contributed by atoms with Gasteiger partial charge in [-0.2, -0.15) is 10.2 Å². The molecule has 2 heterocycles. The van der Waals surface area contributed by atoms with Crippen LogP contribution in [0.15, 0.2) is 42.5 Å². The lowest BCUT2D eigenvalue weighted by molar-refractivity contribution is -0.130. The second-order valence-corrected chi connectivity index (χ2v) is 5.93. The molecule has 2 aromatic rings. The molecule has 0 radical (unpaired) electrons. The number of hydrogen-bond donors (Lipinski definition) is 0. The molecular weight excluding hydrogens is 274 g/mol. The third kappa shape index (κ3) is 3.50. The predicted molar refractivity (Wildman–Crippen MR) is 86.2 cm³/mol. The van der Waals surface area contributed by atoms with E-state index in [1.807, 2.05) is 41.3 Å². The zero-order valence-electron chi connectivity index (χ0n) is 12.9. The van der Waals surface area contributed by atoms with Crippen molar-refractivity contribution >= 4 is 5.91 Å². The highest BCUT2D eigenvalue weighted by molar-refractivity contribution is 5.73. The predicted octanol–water partition coefficient (Wildman–Crippen LogP) is 2.94. The quantitative estimate of drug-likeness (QED) is 0.874. The van der Waals surface area contributed by atoms with Gasteiger partial charge in [-0.15, -0.1) is 0 Å². The van der Waals surface area contributed by atoms with Crippen LogP contribution in [0, 0.1) is 5.92 Å². The van der Waals surface area contributed by atoms with E-state index in [4.69, 9.17) is 0 Å². The van der Waals surface area contributed by atoms with Crippen LogP contribution in [0.5, 0.6) is 0 Å². The second-order valence-electron chi connectivity index (χ2n) is 5.93. The molecule has 0 unspecified atom stereocenters. The van der Waals surface area contributed by atoms with Gasteiger partial charge in [0, 0.05) is 25.6 Å². The van der Waals surface area contributed by atoms with E-state index in [9.17, 15) is 4.79 Å². The molecule has 0 bridgehead atoms. The number of rotatable bonds is 3. The summed E-state index contributed by atoms with van der Waals surface area (Å²) >= 11 is 0. The molecule has 0 aliphatic carbocycles. The van der Waals surface area contributed by atoms with E-state index in [2.05, 4.69) is 16.3 Å². The fraction of sp³-hybridized carbons (Fsp3) is 0.389. The van der Waals surface area contributed by atoms with Crippen LogP contribution in [0.2, 0.25) is 0 Å². The number of nitrogens with zero attached hydrogens (tertiary/aromatic N) is 3. The highest BCUT2D eigenvalue weighted by Gasteiger charge is 2.21. The van der Waals surface area contributed by atoms with Crippen LogP contribution in [0.4, 0.5) is 0 Å². The maximum atomic E-state index is 11.3. The molecule has 1 aliphatic heterocycles. The summed E-state index contributed by atoms with van der Waals surface area (Å²) in [6.07, 6.45) is 3.07. The first-order valence-electron chi connectivity index (χ1n) is 7.86. The summed E-state index contributed by atoms with van der Waals surface area (Å²) in [5.74, 6) is 0.790. The van der Waals surface area contributed by atoms with Gasteiger partial charge < -0.3 is 4.90 Å². The Morgan fingerprint density at radius 3 is 2.41 bits per heavy atom. The Morgan fingerprint density at radius 2 is 1.82 bits per heavy atom. The van der Waals surface area contributed by atoms with Gasteiger partial charge in [0.25, 0.3) is 0 Å². The number of carbonyl (C=O) groups excluding carboxylic acids is 1. The summed E-state index contributed by atoms with van der Waals surface area (Å²) in [4.78, 5) is 13.3. The van der Waals surface area contributed by atoms with Crippen molar-refractivity contribution in [3.63, 3.8) is 0 Å². The van der Waals surface area contributed by atoms with Crippen molar-refractivity contribution in [2.75, 3.05) is 13.1 Å². The number of amides is 1. The highest BCUT2D eigenvalue weighted by atomic mass is 16.2. The Morgan fingerprint density at radius 1 is 1.09 bits per heavy atom. The van der Waals surface area contributed by atoms with E-state index in [0.29, 0.717) is 5.92 Å². The Kier molecular flexibility index (Phi) is 4.47. The molecule has 1 amide bonds. The standard InChI is InChI=1S/C18H21N3O/c1-14(22)21-11-9-15(10-12-21)13-17-7-8-18(20-19-17)16-5-3-2-4-6-16/h2-8,15H,9-13H2,1H3. The Balaban J connectivity index is 1.59. The molecule has 1 saturated heterocycles. The summed E-state index contributed by atoms with van der Waals surface area (Å²) in [6, 6.07) is 14.2. The SMILES string of the molecule is CC(=O)N1CCC(Cc2ccc(-c3ccccc3)nn2)CC1. The molecule has 0 N–H and O–H groups in total. The summed E-state index contributed by atoms with van der Waals surface area (Å²) in [5.41, 5.74) is 3.05. The second kappa shape index (κ2) is 6.69. The minimum atomic E-state index is 0.186. The van der Waals surface area contributed by atoms with Gasteiger partial charge in [0.15, 0.2) is 0 Å². The minimum Gasteiger partial charge on any atom is -0.343 e. The van der Waals surface area contributed by atoms with Crippen LogP contribution in [-0.2, 0) is 11.2 Å². The fourth-order valence-electron chi connectivity index (χ4n) is 2.98. The normalized spacial score (nSPS) is 15.8. The molecule has 1 aliphatic rings. The maximum Gasteiger partial charge on any atom is 0.219 e. The fourth-order valence-corrected chi connectivity index (χ4v) is 2.98. The van der Waals surface area contributed by atoms with Crippen LogP contribution in [-0.4, -0.2) is 34.1 Å². The number of hydrogen-bond acceptors (Lipinski definition) is 3. The van der Waals surface area contributed by atoms with Gasteiger partial charge in [-0.05, 0) is 37.3 Å². The molecule has 0 saturated carbocycles. The van der Waals surface area contributed by atoms with Crippen LogP contribution >= 0.6 is 0 Å². The lowest BCUT2D eigenvalue weighted by Crippen LogP contribution is -2.37. The third-order valence-electron chi connectivity index (χ3n) is 4.35. The van der Waals surface area contributed by atoms with Crippen LogP contribution < -0.4 is 0 Å². The first-order chi connectivity index (χ1) is 10.7. The van der Waals surface area contributed by atoms with Crippen LogP contribution in [0.1, 0.15) is 25.5 Å². The van der Waals surface area contributed by atoms with Crippen LogP contribution in [0.3, 0.4) is 0 Å². The molecule has 4 nitrogen and oxygen atoms in total. The molecule has 0 atom stereocenters. The van der Waals surface area contributed by atoms with Gasteiger partial charge in [0.2, 0.25) is 5.91 Å². The lowest BCUT2D eigenvalue weighted by atomic mass is 9.92. The van der Waals surface area contributed by atoms with Gasteiger partial charge in [-0.25, -0.2) is 0 Å². The molecule has 1 aromatic carbocycles. The lowest BCUT2D eigenvalue weighted by Gasteiger charge is -2.31. The van der Waals surface area contributed by atoms with Crippen molar-refractivity contribution < 1.29 is 4.79 Å². The topological polar surface area (TPSA) is 46.1 Å². The van der Waals surface area contributed by atoms with E-state index in [-0.39, 0.29) is 5.91 Å². The Hall–Kier alpha value is -2.23. The molecular formula is C18H21N3O. The van der Waals surface area contributed by atoms with E-state index in [1.165, 1.54) is 0 Å². The van der Waals surface area contributed by atoms with Crippen molar-refractivity contribution in [2.45, 2.75) is 26.2 Å². The minimum absolute atomic E-state index is 0.186. The summed E-state index contributed by atoms with van der Waals surface area (Å²) in [7, 11) is 0. The molecule has 1 fully saturated rings. The molecule has 1 aromatic heterocycles. The highest BCUT2D eigenvalue weighted by Crippen LogP contribution is 2.22. The number of aromatic nitrogens is 2. The number of piperidine rings is 1. The zero-order chi connectivity index (χ0) is 15.4. The Bertz CT molecular complexity index is 617. The Labute approximate surface area is 131 Å². The summed E-state index contributed by atoms with van der Waals surface area (Å²) in [5, 5.41) is 8.72. The van der Waals surface area contributed by atoms with Gasteiger partial charge in [-0.3, -0.25) is 4.79 Å². The van der Waals surface area contributed by atoms with Crippen molar-refractivity contribution in [3.8, 4) is 11.3 Å². The van der Waals surface area contributed by atoms with Crippen LogP contribution in [0.25, 0.3) is 11.3 Å². The van der Waals surface area contributed by atoms with Crippen molar-refractivity contribution in [1.82, 2.24) is 15.1 Å². The molecule has 114 valence electrons. The average molecular weight is 295 g/mol. The van der Waals surface area contributed by atoms with E-state index in [0.717, 1.165) is 49.3 Å². The van der Waals surface area contributed by atoms with Gasteiger partial charge >= 0.3 is 0 Å². The number of carbonyl (C=O) groups is 1. The smallest absolute Gasteiger partial charge is 0.219 e. The molecule has 22 heavy (non-hydrogen) atoms. The largest absolute Gasteiger partial charge is 0.343 e. The van der Waals surface area contributed by atoms with Crippen molar-refractivity contribution in [1.29, 1.82) is 0 Å². The van der Waals surface area contributed by atoms with Crippen molar-refractivity contribution in [2.24, 2.45) is 5.92 Å². The molecule has 0 spiro atoms. The average Bonchev–Trinajstić information content (AvgIpc) is 2.57. The molecule has 4 heteroatoms. The molecule has 3 rings (SSSR count). The first kappa shape index (κ1) is 14.7. The third-order valence-corrected chi connectivity index (χ3v) is 4.35. The van der Waals surface area contributed by atoms with E-state index >= 15 is 0 Å². The monoisotopic (exact) mass is 295 g/mol. The summed E-state index contributed by atoms with van der Waals surface area (Å²) in [6.45, 7) is 3.39.